The van der Waals surface area contributed by atoms with Crippen molar-refractivity contribution in [2.24, 2.45) is 5.10 Å². The van der Waals surface area contributed by atoms with Gasteiger partial charge in [0.2, 0.25) is 0 Å². The standard InChI is InChI=1S/C8H12N2/c1-2-4-8-7(3-1)5-6-9-10-8/h3,6,8,10H,1-2,4-5H2. The van der Waals surface area contributed by atoms with Crippen molar-refractivity contribution >= 4 is 6.21 Å². The van der Waals surface area contributed by atoms with Crippen molar-refractivity contribution in [1.82, 2.24) is 5.43 Å². The van der Waals surface area contributed by atoms with Gasteiger partial charge in [0.05, 0.1) is 6.04 Å². The highest BCUT2D eigenvalue weighted by molar-refractivity contribution is 5.62. The van der Waals surface area contributed by atoms with E-state index in [2.05, 4.69) is 16.6 Å². The minimum absolute atomic E-state index is 0.568. The summed E-state index contributed by atoms with van der Waals surface area (Å²) in [6.45, 7) is 0. The lowest BCUT2D eigenvalue weighted by Gasteiger charge is -2.25. The van der Waals surface area contributed by atoms with Gasteiger partial charge in [-0.05, 0) is 24.8 Å². The highest BCUT2D eigenvalue weighted by Crippen LogP contribution is 2.21. The number of nitrogens with zero attached hydrogens (tertiary/aromatic N) is 1. The van der Waals surface area contributed by atoms with Crippen LogP contribution in [0.15, 0.2) is 16.8 Å². The molecule has 0 amide bonds. The third-order valence-electron chi connectivity index (χ3n) is 2.20. The largest absolute Gasteiger partial charge is 0.303 e. The Labute approximate surface area is 61.0 Å². The topological polar surface area (TPSA) is 24.4 Å². The summed E-state index contributed by atoms with van der Waals surface area (Å²) in [5, 5.41) is 4.05. The number of hydrogen-bond donors (Lipinski definition) is 1. The van der Waals surface area contributed by atoms with Gasteiger partial charge in [0.15, 0.2) is 0 Å². The van der Waals surface area contributed by atoms with Crippen molar-refractivity contribution in [3.63, 3.8) is 0 Å². The molecule has 1 unspecified atom stereocenters. The van der Waals surface area contributed by atoms with E-state index in [1.165, 1.54) is 19.3 Å². The van der Waals surface area contributed by atoms with Gasteiger partial charge in [-0.15, -0.1) is 0 Å². The summed E-state index contributed by atoms with van der Waals surface area (Å²) in [7, 11) is 0. The zero-order valence-corrected chi connectivity index (χ0v) is 6.01. The second-order valence-corrected chi connectivity index (χ2v) is 2.91. The summed E-state index contributed by atoms with van der Waals surface area (Å²) < 4.78 is 0. The van der Waals surface area contributed by atoms with E-state index in [0.717, 1.165) is 6.42 Å². The van der Waals surface area contributed by atoms with Crippen LogP contribution in [-0.2, 0) is 0 Å². The number of hydrazone groups is 1. The molecule has 0 fully saturated rings. The second kappa shape index (κ2) is 2.45. The molecule has 2 nitrogen and oxygen atoms in total. The van der Waals surface area contributed by atoms with Crippen LogP contribution in [0.5, 0.6) is 0 Å². The summed E-state index contributed by atoms with van der Waals surface area (Å²) in [4.78, 5) is 0. The van der Waals surface area contributed by atoms with E-state index in [1.807, 2.05) is 6.21 Å². The van der Waals surface area contributed by atoms with Crippen molar-refractivity contribution in [1.29, 1.82) is 0 Å². The zero-order valence-electron chi connectivity index (χ0n) is 6.01. The summed E-state index contributed by atoms with van der Waals surface area (Å²) >= 11 is 0. The van der Waals surface area contributed by atoms with Crippen LogP contribution in [0.1, 0.15) is 25.7 Å². The number of rotatable bonds is 0. The molecule has 54 valence electrons. The van der Waals surface area contributed by atoms with Crippen LogP contribution in [0.3, 0.4) is 0 Å². The van der Waals surface area contributed by atoms with Crippen molar-refractivity contribution in [2.45, 2.75) is 31.7 Å². The molecule has 0 saturated carbocycles. The maximum atomic E-state index is 4.05. The minimum atomic E-state index is 0.568. The van der Waals surface area contributed by atoms with Gasteiger partial charge in [-0.1, -0.05) is 6.08 Å². The van der Waals surface area contributed by atoms with Crippen molar-refractivity contribution in [3.05, 3.63) is 11.6 Å². The number of allylic oxidation sites excluding steroid dienone is 1. The van der Waals surface area contributed by atoms with Crippen LogP contribution in [0.25, 0.3) is 0 Å². The van der Waals surface area contributed by atoms with Crippen LogP contribution >= 0.6 is 0 Å². The molecule has 1 N–H and O–H groups in total. The first-order valence-electron chi connectivity index (χ1n) is 3.93. The van der Waals surface area contributed by atoms with Crippen molar-refractivity contribution in [3.8, 4) is 0 Å². The number of fused-ring (bicyclic) bond motifs is 1. The van der Waals surface area contributed by atoms with E-state index in [-0.39, 0.29) is 0 Å². The Balaban J connectivity index is 2.17. The molecule has 0 aromatic heterocycles. The van der Waals surface area contributed by atoms with E-state index in [9.17, 15) is 0 Å². The second-order valence-electron chi connectivity index (χ2n) is 2.91. The highest BCUT2D eigenvalue weighted by Gasteiger charge is 2.17. The first-order chi connectivity index (χ1) is 4.97. The van der Waals surface area contributed by atoms with Crippen LogP contribution in [0.4, 0.5) is 0 Å². The molecule has 2 rings (SSSR count). The average Bonchev–Trinajstić information content (AvgIpc) is 2.05. The van der Waals surface area contributed by atoms with E-state index < -0.39 is 0 Å². The summed E-state index contributed by atoms with van der Waals surface area (Å²) in [5.41, 5.74) is 4.67. The highest BCUT2D eigenvalue weighted by atomic mass is 15.3. The first-order valence-corrected chi connectivity index (χ1v) is 3.93. The van der Waals surface area contributed by atoms with E-state index in [1.54, 1.807) is 5.57 Å². The lowest BCUT2D eigenvalue weighted by Crippen LogP contribution is -2.31. The molecule has 1 atom stereocenters. The molecule has 0 saturated heterocycles. The number of nitrogens with one attached hydrogen (secondary N) is 1. The molecule has 1 aliphatic carbocycles. The van der Waals surface area contributed by atoms with Gasteiger partial charge >= 0.3 is 0 Å². The van der Waals surface area contributed by atoms with Gasteiger partial charge in [0, 0.05) is 12.6 Å². The van der Waals surface area contributed by atoms with E-state index in [0.29, 0.717) is 6.04 Å². The number of hydrogen-bond acceptors (Lipinski definition) is 2. The fourth-order valence-corrected chi connectivity index (χ4v) is 1.60. The molecule has 0 bridgehead atoms. The first kappa shape index (κ1) is 5.96. The van der Waals surface area contributed by atoms with Crippen molar-refractivity contribution in [2.75, 3.05) is 0 Å². The summed E-state index contributed by atoms with van der Waals surface area (Å²) in [6.07, 6.45) is 9.22. The minimum Gasteiger partial charge on any atom is -0.303 e. The fourth-order valence-electron chi connectivity index (χ4n) is 1.60. The predicted octanol–water partition coefficient (Wildman–Crippen LogP) is 1.44. The smallest absolute Gasteiger partial charge is 0.0653 e. The molecule has 2 aliphatic rings. The van der Waals surface area contributed by atoms with Crippen LogP contribution in [0, 0.1) is 0 Å². The van der Waals surface area contributed by atoms with Gasteiger partial charge in [-0.2, -0.15) is 5.10 Å². The zero-order chi connectivity index (χ0) is 6.81. The quantitative estimate of drug-likeness (QED) is 0.501. The van der Waals surface area contributed by atoms with Gasteiger partial charge in [0.25, 0.3) is 0 Å². The van der Waals surface area contributed by atoms with Gasteiger partial charge in [-0.3, -0.25) is 0 Å². The van der Waals surface area contributed by atoms with Gasteiger partial charge in [-0.25, -0.2) is 0 Å². The van der Waals surface area contributed by atoms with Gasteiger partial charge < -0.3 is 5.43 Å². The maximum absolute atomic E-state index is 4.05. The monoisotopic (exact) mass is 136 g/mol. The predicted molar refractivity (Wildman–Crippen MR) is 42.0 cm³/mol. The Kier molecular flexibility index (Phi) is 1.46. The molecule has 0 aromatic carbocycles. The molecular formula is C8H12N2. The summed E-state index contributed by atoms with van der Waals surface area (Å²) in [6, 6.07) is 0.568. The lowest BCUT2D eigenvalue weighted by atomic mass is 9.92. The van der Waals surface area contributed by atoms with Crippen LogP contribution in [0.2, 0.25) is 0 Å². The molecule has 0 radical (unpaired) electrons. The SMILES string of the molecule is C1=NNC2CCCC=C2C1. The Morgan fingerprint density at radius 2 is 2.60 bits per heavy atom. The molecule has 1 heterocycles. The van der Waals surface area contributed by atoms with Gasteiger partial charge in [0.1, 0.15) is 0 Å². The summed E-state index contributed by atoms with van der Waals surface area (Å²) in [5.74, 6) is 0. The van der Waals surface area contributed by atoms with Crippen LogP contribution < -0.4 is 5.43 Å². The van der Waals surface area contributed by atoms with Crippen molar-refractivity contribution < 1.29 is 0 Å². The average molecular weight is 136 g/mol. The molecule has 0 aromatic rings. The molecule has 2 heteroatoms. The van der Waals surface area contributed by atoms with Crippen LogP contribution in [-0.4, -0.2) is 12.3 Å². The molecule has 1 aliphatic heterocycles. The van der Waals surface area contributed by atoms with E-state index >= 15 is 0 Å². The Bertz CT molecular complexity index is 182. The molecule has 10 heavy (non-hydrogen) atoms. The fraction of sp³-hybridized carbons (Fsp3) is 0.625. The Hall–Kier alpha value is -0.790. The Morgan fingerprint density at radius 1 is 1.60 bits per heavy atom. The maximum Gasteiger partial charge on any atom is 0.0653 e. The normalized spacial score (nSPS) is 30.4. The Morgan fingerprint density at radius 3 is 3.50 bits per heavy atom. The molecule has 0 spiro atoms. The van der Waals surface area contributed by atoms with E-state index in [4.69, 9.17) is 0 Å². The third kappa shape index (κ3) is 0.939. The lowest BCUT2D eigenvalue weighted by molar-refractivity contribution is 0.500. The third-order valence-corrected chi connectivity index (χ3v) is 2.20. The molecular weight excluding hydrogens is 124 g/mol.